The molecular weight excluding hydrogens is 268 g/mol. The molecule has 18 heavy (non-hydrogen) atoms. The summed E-state index contributed by atoms with van der Waals surface area (Å²) < 4.78 is 0.700. The molecule has 2 rings (SSSR count). The molecule has 2 atom stereocenters. The molecule has 5 heteroatoms. The second kappa shape index (κ2) is 6.29. The standard InChI is InChI=1S/C13H15ClN2OS/c1-9(10-4-6-15-7-5-10)16-8-11(17)12-2-3-13(14)18-12/h2-7,9,11,16-17H,8H2,1H3. The first-order chi connectivity index (χ1) is 8.66. The fourth-order valence-electron chi connectivity index (χ4n) is 1.67. The van der Waals surface area contributed by atoms with Crippen LogP contribution in [0.2, 0.25) is 4.34 Å². The molecule has 0 aliphatic rings. The van der Waals surface area contributed by atoms with Crippen LogP contribution >= 0.6 is 22.9 Å². The average Bonchev–Trinajstić information content (AvgIpc) is 2.83. The number of halogens is 1. The maximum Gasteiger partial charge on any atom is 0.101 e. The number of aromatic nitrogens is 1. The molecule has 96 valence electrons. The molecule has 0 aromatic carbocycles. The monoisotopic (exact) mass is 282 g/mol. The highest BCUT2D eigenvalue weighted by molar-refractivity contribution is 7.16. The third-order valence-electron chi connectivity index (χ3n) is 2.75. The lowest BCUT2D eigenvalue weighted by Crippen LogP contribution is -2.24. The number of aliphatic hydroxyl groups is 1. The summed E-state index contributed by atoms with van der Waals surface area (Å²) >= 11 is 7.25. The van der Waals surface area contributed by atoms with Gasteiger partial charge in [0.15, 0.2) is 0 Å². The van der Waals surface area contributed by atoms with Crippen LogP contribution in [0.15, 0.2) is 36.7 Å². The molecule has 2 aromatic rings. The molecule has 0 aliphatic heterocycles. The second-order valence-electron chi connectivity index (χ2n) is 4.07. The van der Waals surface area contributed by atoms with E-state index in [1.807, 2.05) is 18.2 Å². The third kappa shape index (κ3) is 3.53. The lowest BCUT2D eigenvalue weighted by Gasteiger charge is -2.16. The van der Waals surface area contributed by atoms with E-state index in [9.17, 15) is 5.11 Å². The number of hydrogen-bond donors (Lipinski definition) is 2. The van der Waals surface area contributed by atoms with Crippen molar-refractivity contribution in [2.75, 3.05) is 6.54 Å². The largest absolute Gasteiger partial charge is 0.386 e. The number of thiophene rings is 1. The van der Waals surface area contributed by atoms with Crippen LogP contribution in [-0.4, -0.2) is 16.6 Å². The first-order valence-corrected chi connectivity index (χ1v) is 6.93. The minimum atomic E-state index is -0.521. The summed E-state index contributed by atoms with van der Waals surface area (Å²) in [6.07, 6.45) is 3.01. The van der Waals surface area contributed by atoms with Crippen molar-refractivity contribution in [2.24, 2.45) is 0 Å². The van der Waals surface area contributed by atoms with Crippen LogP contribution < -0.4 is 5.32 Å². The zero-order valence-electron chi connectivity index (χ0n) is 10.0. The first-order valence-electron chi connectivity index (χ1n) is 5.73. The highest BCUT2D eigenvalue weighted by Crippen LogP contribution is 2.26. The minimum Gasteiger partial charge on any atom is -0.386 e. The van der Waals surface area contributed by atoms with Crippen molar-refractivity contribution in [3.63, 3.8) is 0 Å². The molecule has 2 heterocycles. The fourth-order valence-corrected chi connectivity index (χ4v) is 2.71. The summed E-state index contributed by atoms with van der Waals surface area (Å²) in [6, 6.07) is 7.77. The van der Waals surface area contributed by atoms with Crippen LogP contribution in [-0.2, 0) is 0 Å². The van der Waals surface area contributed by atoms with Gasteiger partial charge < -0.3 is 10.4 Å². The van der Waals surface area contributed by atoms with Crippen LogP contribution in [0, 0.1) is 0 Å². The van der Waals surface area contributed by atoms with Crippen LogP contribution in [0.5, 0.6) is 0 Å². The molecule has 0 aliphatic carbocycles. The molecule has 3 nitrogen and oxygen atoms in total. The van der Waals surface area contributed by atoms with Crippen LogP contribution in [0.25, 0.3) is 0 Å². The SMILES string of the molecule is CC(NCC(O)c1ccc(Cl)s1)c1ccncc1. The molecule has 0 bridgehead atoms. The second-order valence-corrected chi connectivity index (χ2v) is 5.81. The van der Waals surface area contributed by atoms with Gasteiger partial charge in [-0.1, -0.05) is 11.6 Å². The highest BCUT2D eigenvalue weighted by Gasteiger charge is 2.12. The number of nitrogens with one attached hydrogen (secondary N) is 1. The number of hydrogen-bond acceptors (Lipinski definition) is 4. The first kappa shape index (κ1) is 13.5. The van der Waals surface area contributed by atoms with Crippen molar-refractivity contribution in [1.29, 1.82) is 0 Å². The molecule has 0 radical (unpaired) electrons. The zero-order valence-corrected chi connectivity index (χ0v) is 11.6. The van der Waals surface area contributed by atoms with Crippen LogP contribution in [0.3, 0.4) is 0 Å². The van der Waals surface area contributed by atoms with E-state index >= 15 is 0 Å². The predicted octanol–water partition coefficient (Wildman–Crippen LogP) is 3.18. The molecule has 0 amide bonds. The van der Waals surface area contributed by atoms with Gasteiger partial charge in [0.2, 0.25) is 0 Å². The molecule has 0 fully saturated rings. The Morgan fingerprint density at radius 3 is 2.67 bits per heavy atom. The van der Waals surface area contributed by atoms with Crippen LogP contribution in [0.1, 0.15) is 29.5 Å². The lowest BCUT2D eigenvalue weighted by atomic mass is 10.1. The maximum atomic E-state index is 10.0. The summed E-state index contributed by atoms with van der Waals surface area (Å²) in [5.74, 6) is 0. The van der Waals surface area contributed by atoms with E-state index in [1.165, 1.54) is 11.3 Å². The number of aliphatic hydroxyl groups excluding tert-OH is 1. The zero-order chi connectivity index (χ0) is 13.0. The van der Waals surface area contributed by atoms with Gasteiger partial charge in [-0.2, -0.15) is 0 Å². The summed E-state index contributed by atoms with van der Waals surface area (Å²) in [5.41, 5.74) is 1.15. The molecular formula is C13H15ClN2OS. The van der Waals surface area contributed by atoms with Crippen molar-refractivity contribution in [3.05, 3.63) is 51.4 Å². The van der Waals surface area contributed by atoms with E-state index in [0.717, 1.165) is 10.4 Å². The Morgan fingerprint density at radius 1 is 1.33 bits per heavy atom. The lowest BCUT2D eigenvalue weighted by molar-refractivity contribution is 0.174. The van der Waals surface area contributed by atoms with E-state index in [-0.39, 0.29) is 6.04 Å². The Labute approximate surface area is 115 Å². The van der Waals surface area contributed by atoms with Gasteiger partial charge in [-0.15, -0.1) is 11.3 Å². The molecule has 2 N–H and O–H groups in total. The van der Waals surface area contributed by atoms with Gasteiger partial charge in [-0.05, 0) is 36.8 Å². The van der Waals surface area contributed by atoms with Gasteiger partial charge in [0.25, 0.3) is 0 Å². The van der Waals surface area contributed by atoms with Crippen LogP contribution in [0.4, 0.5) is 0 Å². The summed E-state index contributed by atoms with van der Waals surface area (Å²) in [5, 5.41) is 13.3. The van der Waals surface area contributed by atoms with Gasteiger partial charge in [0.1, 0.15) is 6.10 Å². The number of pyridine rings is 1. The van der Waals surface area contributed by atoms with Gasteiger partial charge in [-0.3, -0.25) is 4.98 Å². The van der Waals surface area contributed by atoms with Gasteiger partial charge in [0.05, 0.1) is 4.34 Å². The van der Waals surface area contributed by atoms with Crippen molar-refractivity contribution in [2.45, 2.75) is 19.1 Å². The molecule has 2 unspecified atom stereocenters. The Bertz CT molecular complexity index is 489. The van der Waals surface area contributed by atoms with Crippen molar-refractivity contribution in [1.82, 2.24) is 10.3 Å². The van der Waals surface area contributed by atoms with Gasteiger partial charge in [0, 0.05) is 29.9 Å². The van der Waals surface area contributed by atoms with Crippen molar-refractivity contribution >= 4 is 22.9 Å². The van der Waals surface area contributed by atoms with E-state index in [1.54, 1.807) is 18.5 Å². The average molecular weight is 283 g/mol. The predicted molar refractivity (Wildman–Crippen MR) is 74.9 cm³/mol. The quantitative estimate of drug-likeness (QED) is 0.885. The van der Waals surface area contributed by atoms with Gasteiger partial charge in [-0.25, -0.2) is 0 Å². The summed E-state index contributed by atoms with van der Waals surface area (Å²) in [7, 11) is 0. The minimum absolute atomic E-state index is 0.179. The molecule has 2 aromatic heterocycles. The Kier molecular flexibility index (Phi) is 4.72. The Morgan fingerprint density at radius 2 is 2.06 bits per heavy atom. The van der Waals surface area contributed by atoms with E-state index < -0.39 is 6.10 Å². The van der Waals surface area contributed by atoms with Crippen molar-refractivity contribution in [3.8, 4) is 0 Å². The number of nitrogens with zero attached hydrogens (tertiary/aromatic N) is 1. The number of rotatable bonds is 5. The Balaban J connectivity index is 1.88. The molecule has 0 saturated carbocycles. The van der Waals surface area contributed by atoms with E-state index in [0.29, 0.717) is 10.9 Å². The van der Waals surface area contributed by atoms with Crippen molar-refractivity contribution < 1.29 is 5.11 Å². The molecule has 0 spiro atoms. The summed E-state index contributed by atoms with van der Waals surface area (Å²) in [6.45, 7) is 2.56. The van der Waals surface area contributed by atoms with E-state index in [4.69, 9.17) is 11.6 Å². The third-order valence-corrected chi connectivity index (χ3v) is 4.08. The normalized spacial score (nSPS) is 14.4. The topological polar surface area (TPSA) is 45.1 Å². The maximum absolute atomic E-state index is 10.0. The molecule has 0 saturated heterocycles. The Hall–Kier alpha value is -0.940. The fraction of sp³-hybridized carbons (Fsp3) is 0.308. The van der Waals surface area contributed by atoms with E-state index in [2.05, 4.69) is 17.2 Å². The summed E-state index contributed by atoms with van der Waals surface area (Å²) in [4.78, 5) is 4.87. The smallest absolute Gasteiger partial charge is 0.101 e. The highest BCUT2D eigenvalue weighted by atomic mass is 35.5. The van der Waals surface area contributed by atoms with Gasteiger partial charge >= 0.3 is 0 Å².